The molecule has 158 valence electrons. The van der Waals surface area contributed by atoms with Crippen molar-refractivity contribution in [3.8, 4) is 11.1 Å². The van der Waals surface area contributed by atoms with E-state index in [9.17, 15) is 9.59 Å². The maximum Gasteiger partial charge on any atom is 0.341 e. The predicted octanol–water partition coefficient (Wildman–Crippen LogP) is 4.76. The minimum Gasteiger partial charge on any atom is -0.462 e. The fraction of sp³-hybridized carbons (Fsp3) is 0.182. The van der Waals surface area contributed by atoms with Crippen molar-refractivity contribution in [1.82, 2.24) is 14.6 Å². The number of ether oxygens (including phenoxy) is 1. The lowest BCUT2D eigenvalue weighted by atomic mass is 10.0. The van der Waals surface area contributed by atoms with Gasteiger partial charge >= 0.3 is 5.97 Å². The van der Waals surface area contributed by atoms with Gasteiger partial charge in [0.15, 0.2) is 10.8 Å². The van der Waals surface area contributed by atoms with Crippen LogP contribution in [0.2, 0.25) is 0 Å². The molecule has 0 spiro atoms. The molecule has 1 aromatic carbocycles. The van der Waals surface area contributed by atoms with E-state index < -0.39 is 5.97 Å². The van der Waals surface area contributed by atoms with E-state index in [1.807, 2.05) is 64.5 Å². The Bertz CT molecular complexity index is 1200. The highest BCUT2D eigenvalue weighted by atomic mass is 32.2. The molecule has 0 bridgehead atoms. The lowest BCUT2D eigenvalue weighted by molar-refractivity contribution is -0.115. The lowest BCUT2D eigenvalue weighted by Crippen LogP contribution is -2.15. The van der Waals surface area contributed by atoms with Crippen LogP contribution in [-0.2, 0) is 9.53 Å². The molecule has 0 aliphatic carbocycles. The number of nitrogens with zero attached hydrogens (tertiary/aromatic N) is 3. The third-order valence-corrected chi connectivity index (χ3v) is 6.29. The summed E-state index contributed by atoms with van der Waals surface area (Å²) in [6.07, 6.45) is 2.16. The summed E-state index contributed by atoms with van der Waals surface area (Å²) >= 11 is 2.78. The molecule has 3 heterocycles. The Kier molecular flexibility index (Phi) is 6.63. The maximum absolute atomic E-state index is 12.6. The number of esters is 1. The van der Waals surface area contributed by atoms with Gasteiger partial charge in [0.2, 0.25) is 5.91 Å². The first-order valence-corrected chi connectivity index (χ1v) is 11.6. The number of carbonyl (C=O) groups excluding carboxylic acids is 2. The third kappa shape index (κ3) is 4.78. The van der Waals surface area contributed by atoms with Gasteiger partial charge in [0.1, 0.15) is 10.6 Å². The van der Waals surface area contributed by atoms with Gasteiger partial charge < -0.3 is 10.1 Å². The zero-order chi connectivity index (χ0) is 21.6. The van der Waals surface area contributed by atoms with Crippen LogP contribution in [0.4, 0.5) is 5.00 Å². The number of aromatic nitrogens is 3. The second kappa shape index (κ2) is 9.76. The fourth-order valence-electron chi connectivity index (χ4n) is 3.03. The monoisotopic (exact) mass is 452 g/mol. The summed E-state index contributed by atoms with van der Waals surface area (Å²) in [5.74, 6) is -0.0803. The molecule has 31 heavy (non-hydrogen) atoms. The summed E-state index contributed by atoms with van der Waals surface area (Å²) in [7, 11) is 0. The largest absolute Gasteiger partial charge is 0.462 e. The number of nitrogens with one attached hydrogen (secondary N) is 1. The Hall–Kier alpha value is -3.17. The van der Waals surface area contributed by atoms with Crippen LogP contribution in [0.15, 0.2) is 65.3 Å². The van der Waals surface area contributed by atoms with Crippen molar-refractivity contribution in [2.75, 3.05) is 17.7 Å². The Morgan fingerprint density at radius 3 is 2.74 bits per heavy atom. The average molecular weight is 453 g/mol. The number of pyridine rings is 1. The van der Waals surface area contributed by atoms with Crippen molar-refractivity contribution in [3.63, 3.8) is 0 Å². The van der Waals surface area contributed by atoms with Crippen molar-refractivity contribution in [3.05, 3.63) is 65.7 Å². The van der Waals surface area contributed by atoms with Gasteiger partial charge in [-0.15, -0.1) is 21.5 Å². The number of amides is 1. The summed E-state index contributed by atoms with van der Waals surface area (Å²) in [5, 5.41) is 14.2. The number of anilines is 1. The molecule has 4 aromatic rings. The Morgan fingerprint density at radius 1 is 1.13 bits per heavy atom. The van der Waals surface area contributed by atoms with E-state index in [0.717, 1.165) is 21.9 Å². The normalized spacial score (nSPS) is 10.9. The third-order valence-electron chi connectivity index (χ3n) is 4.45. The van der Waals surface area contributed by atoms with E-state index in [1.54, 1.807) is 6.92 Å². The van der Waals surface area contributed by atoms with Gasteiger partial charge in [-0.05, 0) is 24.6 Å². The first-order chi connectivity index (χ1) is 15.2. The van der Waals surface area contributed by atoms with Crippen LogP contribution in [-0.4, -0.2) is 38.8 Å². The molecule has 0 radical (unpaired) electrons. The second-order valence-electron chi connectivity index (χ2n) is 6.50. The number of benzene rings is 1. The van der Waals surface area contributed by atoms with Crippen LogP contribution < -0.4 is 5.32 Å². The molecule has 0 aliphatic heterocycles. The number of thioether (sulfide) groups is 1. The number of thiophene rings is 1. The summed E-state index contributed by atoms with van der Waals surface area (Å²) < 4.78 is 7.12. The van der Waals surface area contributed by atoms with E-state index in [2.05, 4.69) is 15.5 Å². The van der Waals surface area contributed by atoms with Gasteiger partial charge in [-0.2, -0.15) is 0 Å². The quantitative estimate of drug-likeness (QED) is 0.307. The molecule has 0 saturated heterocycles. The smallest absolute Gasteiger partial charge is 0.341 e. The van der Waals surface area contributed by atoms with E-state index >= 15 is 0 Å². The van der Waals surface area contributed by atoms with Crippen LogP contribution in [0.3, 0.4) is 0 Å². The minimum absolute atomic E-state index is 0.173. The molecule has 7 nitrogen and oxygen atoms in total. The van der Waals surface area contributed by atoms with Crippen LogP contribution in [0.25, 0.3) is 16.8 Å². The Morgan fingerprint density at radius 2 is 1.94 bits per heavy atom. The molecule has 3 aromatic heterocycles. The standard InChI is InChI=1S/C22H20N4O3S2/c1-2-29-21(28)19-16(15-8-4-3-5-9-15)14-31-20(19)23-18(27)11-13-30-22-25-24-17-10-6-7-12-26(17)22/h3-10,12,14H,2,11,13H2,1H3,(H,23,27). The summed E-state index contributed by atoms with van der Waals surface area (Å²) in [6.45, 7) is 2.02. The van der Waals surface area contributed by atoms with Gasteiger partial charge in [0, 0.05) is 29.3 Å². The SMILES string of the molecule is CCOC(=O)c1c(-c2ccccc2)csc1NC(=O)CCSc1nnc2ccccn12. The zero-order valence-electron chi connectivity index (χ0n) is 16.8. The summed E-state index contributed by atoms with van der Waals surface area (Å²) in [6, 6.07) is 15.3. The highest BCUT2D eigenvalue weighted by Gasteiger charge is 2.22. The number of hydrogen-bond acceptors (Lipinski definition) is 7. The Balaban J connectivity index is 1.45. The van der Waals surface area contributed by atoms with Crippen LogP contribution in [0, 0.1) is 0 Å². The van der Waals surface area contributed by atoms with E-state index in [4.69, 9.17) is 4.74 Å². The van der Waals surface area contributed by atoms with Crippen molar-refractivity contribution >= 4 is 45.6 Å². The van der Waals surface area contributed by atoms with Gasteiger partial charge in [-0.25, -0.2) is 4.79 Å². The number of hydrogen-bond donors (Lipinski definition) is 1. The molecule has 0 saturated carbocycles. The summed E-state index contributed by atoms with van der Waals surface area (Å²) in [4.78, 5) is 25.2. The topological polar surface area (TPSA) is 85.6 Å². The first kappa shape index (κ1) is 21.1. The molecule has 9 heteroatoms. The molecule has 1 amide bonds. The van der Waals surface area contributed by atoms with Gasteiger partial charge in [-0.1, -0.05) is 48.2 Å². The molecule has 0 aliphatic rings. The van der Waals surface area contributed by atoms with Gasteiger partial charge in [0.25, 0.3) is 0 Å². The number of fused-ring (bicyclic) bond motifs is 1. The fourth-order valence-corrected chi connectivity index (χ4v) is 4.86. The molecule has 0 unspecified atom stereocenters. The van der Waals surface area contributed by atoms with E-state index in [0.29, 0.717) is 16.3 Å². The molecule has 0 atom stereocenters. The highest BCUT2D eigenvalue weighted by molar-refractivity contribution is 7.99. The van der Waals surface area contributed by atoms with Gasteiger partial charge in [-0.3, -0.25) is 9.20 Å². The van der Waals surface area contributed by atoms with Crippen molar-refractivity contribution < 1.29 is 14.3 Å². The molecular formula is C22H20N4O3S2. The predicted molar refractivity (Wildman–Crippen MR) is 123 cm³/mol. The van der Waals surface area contributed by atoms with E-state index in [-0.39, 0.29) is 18.9 Å². The Labute approximate surface area is 187 Å². The highest BCUT2D eigenvalue weighted by Crippen LogP contribution is 2.36. The lowest BCUT2D eigenvalue weighted by Gasteiger charge is -2.09. The van der Waals surface area contributed by atoms with Crippen LogP contribution in [0.5, 0.6) is 0 Å². The summed E-state index contributed by atoms with van der Waals surface area (Å²) in [5.41, 5.74) is 2.81. The first-order valence-electron chi connectivity index (χ1n) is 9.73. The van der Waals surface area contributed by atoms with Crippen molar-refractivity contribution in [2.24, 2.45) is 0 Å². The molecule has 4 rings (SSSR count). The number of rotatable bonds is 8. The second-order valence-corrected chi connectivity index (χ2v) is 8.44. The average Bonchev–Trinajstić information content (AvgIpc) is 3.39. The van der Waals surface area contributed by atoms with Gasteiger partial charge in [0.05, 0.1) is 6.61 Å². The number of carbonyl (C=O) groups is 2. The van der Waals surface area contributed by atoms with Crippen molar-refractivity contribution in [1.29, 1.82) is 0 Å². The molecular weight excluding hydrogens is 432 g/mol. The maximum atomic E-state index is 12.6. The molecule has 1 N–H and O–H groups in total. The zero-order valence-corrected chi connectivity index (χ0v) is 18.4. The van der Waals surface area contributed by atoms with E-state index in [1.165, 1.54) is 23.1 Å². The van der Waals surface area contributed by atoms with Crippen molar-refractivity contribution in [2.45, 2.75) is 18.5 Å². The minimum atomic E-state index is -0.442. The van der Waals surface area contributed by atoms with Crippen LogP contribution in [0.1, 0.15) is 23.7 Å². The van der Waals surface area contributed by atoms with Crippen LogP contribution >= 0.6 is 23.1 Å². The molecule has 0 fully saturated rings.